The van der Waals surface area contributed by atoms with Gasteiger partial charge in [0.1, 0.15) is 5.82 Å². The Morgan fingerprint density at radius 2 is 1.47 bits per heavy atom. The second-order valence-corrected chi connectivity index (χ2v) is 6.85. The zero-order valence-electron chi connectivity index (χ0n) is 16.6. The number of hydrogen-bond acceptors (Lipinski definition) is 3. The van der Waals surface area contributed by atoms with Crippen LogP contribution in [-0.4, -0.2) is 17.5 Å². The summed E-state index contributed by atoms with van der Waals surface area (Å²) in [7, 11) is 0. The molecule has 0 aromatic heterocycles. The first-order valence-corrected chi connectivity index (χ1v) is 9.51. The molecule has 0 heterocycles. The van der Waals surface area contributed by atoms with E-state index in [0.29, 0.717) is 11.4 Å². The number of halogens is 1. The lowest BCUT2D eigenvalue weighted by molar-refractivity contribution is -0.120. The van der Waals surface area contributed by atoms with E-state index in [9.17, 15) is 14.0 Å². The molecule has 0 aliphatic carbocycles. The molecule has 0 bridgehead atoms. The fraction of sp³-hybridized carbons (Fsp3) is 0.125. The molecule has 5 nitrogen and oxygen atoms in total. The Morgan fingerprint density at radius 1 is 0.833 bits per heavy atom. The average Bonchev–Trinajstić information content (AvgIpc) is 2.75. The van der Waals surface area contributed by atoms with Gasteiger partial charge in [-0.05, 0) is 47.9 Å². The van der Waals surface area contributed by atoms with Gasteiger partial charge in [-0.25, -0.2) is 9.82 Å². The van der Waals surface area contributed by atoms with Crippen molar-refractivity contribution < 1.29 is 14.0 Å². The van der Waals surface area contributed by atoms with Gasteiger partial charge in [0.25, 0.3) is 0 Å². The molecule has 0 aliphatic heterocycles. The summed E-state index contributed by atoms with van der Waals surface area (Å²) in [5, 5.41) is 6.62. The smallest absolute Gasteiger partial charge is 0.244 e. The number of amides is 2. The number of benzene rings is 3. The number of hydrogen-bond donors (Lipinski definition) is 2. The maximum absolute atomic E-state index is 12.9. The minimum absolute atomic E-state index is 0.0173. The van der Waals surface area contributed by atoms with Gasteiger partial charge in [0, 0.05) is 11.4 Å². The molecular formula is C24H22FN3O2. The monoisotopic (exact) mass is 403 g/mol. The van der Waals surface area contributed by atoms with Crippen molar-refractivity contribution in [3.8, 4) is 11.1 Å². The Bertz CT molecular complexity index is 1030. The van der Waals surface area contributed by atoms with Crippen molar-refractivity contribution in [3.05, 3.63) is 90.2 Å². The number of nitrogens with zero attached hydrogens (tertiary/aromatic N) is 1. The lowest BCUT2D eigenvalue weighted by Gasteiger charge is -2.06. The topological polar surface area (TPSA) is 70.6 Å². The first-order valence-electron chi connectivity index (χ1n) is 9.51. The van der Waals surface area contributed by atoms with Crippen molar-refractivity contribution in [1.82, 2.24) is 5.43 Å². The molecule has 3 aromatic rings. The molecule has 2 N–H and O–H groups in total. The van der Waals surface area contributed by atoms with Gasteiger partial charge in [0.15, 0.2) is 0 Å². The van der Waals surface area contributed by atoms with Crippen molar-refractivity contribution in [2.75, 3.05) is 5.32 Å². The highest BCUT2D eigenvalue weighted by molar-refractivity contribution is 6.05. The van der Waals surface area contributed by atoms with Crippen LogP contribution in [0.15, 0.2) is 84.0 Å². The van der Waals surface area contributed by atoms with Crippen molar-refractivity contribution >= 4 is 23.2 Å². The third kappa shape index (κ3) is 6.38. The van der Waals surface area contributed by atoms with E-state index in [1.165, 1.54) is 24.3 Å². The maximum Gasteiger partial charge on any atom is 0.244 e. The van der Waals surface area contributed by atoms with Crippen LogP contribution < -0.4 is 10.7 Å². The van der Waals surface area contributed by atoms with Crippen LogP contribution in [0.1, 0.15) is 18.9 Å². The van der Waals surface area contributed by atoms with Gasteiger partial charge in [-0.1, -0.05) is 54.6 Å². The predicted octanol–water partition coefficient (Wildman–Crippen LogP) is 4.56. The summed E-state index contributed by atoms with van der Waals surface area (Å²) >= 11 is 0. The second-order valence-electron chi connectivity index (χ2n) is 6.85. The minimum atomic E-state index is -0.372. The minimum Gasteiger partial charge on any atom is -0.326 e. The van der Waals surface area contributed by atoms with E-state index in [1.54, 1.807) is 6.92 Å². The van der Waals surface area contributed by atoms with Gasteiger partial charge >= 0.3 is 0 Å². The number of hydrazone groups is 1. The number of carbonyl (C=O) groups is 2. The van der Waals surface area contributed by atoms with Gasteiger partial charge < -0.3 is 5.32 Å². The Kier molecular flexibility index (Phi) is 7.05. The van der Waals surface area contributed by atoms with Crippen LogP contribution in [0.2, 0.25) is 0 Å². The summed E-state index contributed by atoms with van der Waals surface area (Å²) in [6.45, 7) is 1.65. The lowest BCUT2D eigenvalue weighted by Crippen LogP contribution is -2.22. The molecule has 0 unspecified atom stereocenters. The fourth-order valence-electron chi connectivity index (χ4n) is 2.84. The number of anilines is 1. The van der Waals surface area contributed by atoms with E-state index >= 15 is 0 Å². The van der Waals surface area contributed by atoms with Gasteiger partial charge in [-0.3, -0.25) is 9.59 Å². The summed E-state index contributed by atoms with van der Waals surface area (Å²) in [6.07, 6.45) is 0.205. The fourth-order valence-corrected chi connectivity index (χ4v) is 2.84. The third-order valence-electron chi connectivity index (χ3n) is 4.34. The van der Waals surface area contributed by atoms with Crippen LogP contribution >= 0.6 is 0 Å². The highest BCUT2D eigenvalue weighted by Crippen LogP contribution is 2.19. The molecule has 0 saturated heterocycles. The van der Waals surface area contributed by atoms with Crippen molar-refractivity contribution in [2.45, 2.75) is 19.8 Å². The summed E-state index contributed by atoms with van der Waals surface area (Å²) in [5.41, 5.74) is 6.50. The normalized spacial score (nSPS) is 11.1. The number of carbonyl (C=O) groups excluding carboxylic acids is 2. The number of nitrogens with one attached hydrogen (secondary N) is 2. The summed E-state index contributed by atoms with van der Waals surface area (Å²) in [6, 6.07) is 23.3. The van der Waals surface area contributed by atoms with Crippen molar-refractivity contribution in [3.63, 3.8) is 0 Å². The molecule has 2 amide bonds. The van der Waals surface area contributed by atoms with Gasteiger partial charge in [0.2, 0.25) is 11.8 Å². The lowest BCUT2D eigenvalue weighted by atomic mass is 10.0. The molecule has 0 fully saturated rings. The Morgan fingerprint density at radius 3 is 2.13 bits per heavy atom. The van der Waals surface area contributed by atoms with Crippen LogP contribution in [0, 0.1) is 5.82 Å². The van der Waals surface area contributed by atoms with Crippen LogP contribution in [0.4, 0.5) is 10.1 Å². The van der Waals surface area contributed by atoms with E-state index < -0.39 is 0 Å². The maximum atomic E-state index is 12.9. The highest BCUT2D eigenvalue weighted by Gasteiger charge is 2.07. The van der Waals surface area contributed by atoms with Crippen LogP contribution in [0.5, 0.6) is 0 Å². The van der Waals surface area contributed by atoms with Crippen LogP contribution in [-0.2, 0) is 16.0 Å². The molecular weight excluding hydrogens is 381 g/mol. The Hall–Kier alpha value is -3.80. The largest absolute Gasteiger partial charge is 0.326 e. The third-order valence-corrected chi connectivity index (χ3v) is 4.34. The molecule has 3 rings (SSSR count). The molecule has 0 spiro atoms. The van der Waals surface area contributed by atoms with Crippen LogP contribution in [0.3, 0.4) is 0 Å². The molecule has 3 aromatic carbocycles. The van der Waals surface area contributed by atoms with Gasteiger partial charge in [-0.15, -0.1) is 0 Å². The summed E-state index contributed by atoms with van der Waals surface area (Å²) in [5.74, 6) is -0.933. The average molecular weight is 403 g/mol. The molecule has 30 heavy (non-hydrogen) atoms. The van der Waals surface area contributed by atoms with Gasteiger partial charge in [0.05, 0.1) is 12.8 Å². The zero-order chi connectivity index (χ0) is 21.3. The van der Waals surface area contributed by atoms with Crippen molar-refractivity contribution in [1.29, 1.82) is 0 Å². The first kappa shape index (κ1) is 20.9. The zero-order valence-corrected chi connectivity index (χ0v) is 16.6. The SMILES string of the molecule is CC(CC(=O)Nc1ccc(F)cc1)=NNC(=O)Cc1ccc(-c2ccccc2)cc1. The molecule has 0 atom stereocenters. The van der Waals surface area contributed by atoms with E-state index in [2.05, 4.69) is 15.8 Å². The molecule has 0 radical (unpaired) electrons. The number of rotatable bonds is 7. The standard InChI is InChI=1S/C24H22FN3O2/c1-17(15-23(29)26-22-13-11-21(25)12-14-22)27-28-24(30)16-18-7-9-20(10-8-18)19-5-3-2-4-6-19/h2-14H,15-16H2,1H3,(H,26,29)(H,28,30). The van der Waals surface area contributed by atoms with Crippen molar-refractivity contribution in [2.24, 2.45) is 5.10 Å². The molecule has 6 heteroatoms. The quantitative estimate of drug-likeness (QED) is 0.449. The van der Waals surface area contributed by atoms with Crippen LogP contribution in [0.25, 0.3) is 11.1 Å². The molecule has 0 saturated carbocycles. The first-order chi connectivity index (χ1) is 14.5. The molecule has 0 aliphatic rings. The van der Waals surface area contributed by atoms with E-state index in [4.69, 9.17) is 0 Å². The highest BCUT2D eigenvalue weighted by atomic mass is 19.1. The Labute approximate surface area is 174 Å². The van der Waals surface area contributed by atoms with E-state index in [0.717, 1.165) is 16.7 Å². The second kappa shape index (κ2) is 10.1. The molecule has 152 valence electrons. The van der Waals surface area contributed by atoms with E-state index in [-0.39, 0.29) is 30.5 Å². The van der Waals surface area contributed by atoms with Gasteiger partial charge in [-0.2, -0.15) is 5.10 Å². The summed E-state index contributed by atoms with van der Waals surface area (Å²) < 4.78 is 12.9. The summed E-state index contributed by atoms with van der Waals surface area (Å²) in [4.78, 5) is 24.1. The van der Waals surface area contributed by atoms with E-state index in [1.807, 2.05) is 54.6 Å². The Balaban J connectivity index is 1.47. The predicted molar refractivity (Wildman–Crippen MR) is 116 cm³/mol.